The lowest BCUT2D eigenvalue weighted by molar-refractivity contribution is -0.133. The Bertz CT molecular complexity index is 539. The Balaban J connectivity index is 2.01. The Hall–Kier alpha value is -2.24. The van der Waals surface area contributed by atoms with Crippen LogP contribution in [0, 0.1) is 0 Å². The summed E-state index contributed by atoms with van der Waals surface area (Å²) in [5.74, 6) is -0.576. The maximum atomic E-state index is 12.2. The average molecular weight is 291 g/mol. The van der Waals surface area contributed by atoms with Gasteiger partial charge < -0.3 is 21.1 Å². The minimum absolute atomic E-state index is 0.0376. The van der Waals surface area contributed by atoms with Crippen molar-refractivity contribution in [3.63, 3.8) is 0 Å². The number of phenolic OH excluding ortho intramolecular Hbond substituents is 1. The van der Waals surface area contributed by atoms with Crippen molar-refractivity contribution in [1.82, 2.24) is 10.2 Å². The van der Waals surface area contributed by atoms with Crippen LogP contribution in [0.25, 0.3) is 0 Å². The fourth-order valence-electron chi connectivity index (χ4n) is 2.47. The molecule has 1 heterocycles. The fourth-order valence-corrected chi connectivity index (χ4v) is 2.47. The first-order valence-electron chi connectivity index (χ1n) is 7.17. The van der Waals surface area contributed by atoms with Gasteiger partial charge in [-0.25, -0.2) is 0 Å². The molecule has 1 saturated heterocycles. The molecule has 6 nitrogen and oxygen atoms in total. The van der Waals surface area contributed by atoms with Gasteiger partial charge in [-0.3, -0.25) is 9.59 Å². The average Bonchev–Trinajstić information content (AvgIpc) is 2.49. The standard InChI is InChI=1S/C15H21N3O3/c1-10(15(21)18-7-3-2-4-8-18)17-14(20)12-9-11(19)5-6-13(12)16/h5-6,9-10,19H,2-4,7-8,16H2,1H3,(H,17,20). The van der Waals surface area contributed by atoms with Crippen molar-refractivity contribution in [2.75, 3.05) is 18.8 Å². The number of amides is 2. The number of nitrogens with zero attached hydrogens (tertiary/aromatic N) is 1. The normalized spacial score (nSPS) is 16.3. The first-order valence-corrected chi connectivity index (χ1v) is 7.17. The van der Waals surface area contributed by atoms with Gasteiger partial charge in [0.1, 0.15) is 11.8 Å². The summed E-state index contributed by atoms with van der Waals surface area (Å²) in [6.45, 7) is 3.15. The van der Waals surface area contributed by atoms with E-state index in [9.17, 15) is 14.7 Å². The summed E-state index contributed by atoms with van der Waals surface area (Å²) in [6.07, 6.45) is 3.15. The van der Waals surface area contributed by atoms with Crippen LogP contribution in [0.15, 0.2) is 18.2 Å². The molecule has 0 bridgehead atoms. The van der Waals surface area contributed by atoms with Crippen molar-refractivity contribution in [2.24, 2.45) is 0 Å². The second kappa shape index (κ2) is 6.47. The van der Waals surface area contributed by atoms with Crippen molar-refractivity contribution < 1.29 is 14.7 Å². The van der Waals surface area contributed by atoms with E-state index in [2.05, 4.69) is 5.32 Å². The maximum Gasteiger partial charge on any atom is 0.254 e. The van der Waals surface area contributed by atoms with Crippen LogP contribution in [0.4, 0.5) is 5.69 Å². The lowest BCUT2D eigenvalue weighted by Crippen LogP contribution is -2.48. The number of rotatable bonds is 3. The van der Waals surface area contributed by atoms with Crippen molar-refractivity contribution in [1.29, 1.82) is 0 Å². The Morgan fingerprint density at radius 1 is 1.29 bits per heavy atom. The van der Waals surface area contributed by atoms with Crippen LogP contribution in [-0.2, 0) is 4.79 Å². The van der Waals surface area contributed by atoms with Gasteiger partial charge in [0.25, 0.3) is 5.91 Å². The van der Waals surface area contributed by atoms with Gasteiger partial charge in [0, 0.05) is 18.8 Å². The van der Waals surface area contributed by atoms with Crippen LogP contribution in [-0.4, -0.2) is 41.0 Å². The van der Waals surface area contributed by atoms with Crippen LogP contribution >= 0.6 is 0 Å². The van der Waals surface area contributed by atoms with Gasteiger partial charge in [-0.1, -0.05) is 0 Å². The van der Waals surface area contributed by atoms with Crippen molar-refractivity contribution in [3.05, 3.63) is 23.8 Å². The first kappa shape index (κ1) is 15.2. The van der Waals surface area contributed by atoms with Crippen LogP contribution < -0.4 is 11.1 Å². The number of nitrogens with one attached hydrogen (secondary N) is 1. The number of carbonyl (C=O) groups is 2. The molecule has 0 aliphatic carbocycles. The molecule has 1 fully saturated rings. The van der Waals surface area contributed by atoms with Crippen LogP contribution in [0.3, 0.4) is 0 Å². The number of nitrogens with two attached hydrogens (primary N) is 1. The monoisotopic (exact) mass is 291 g/mol. The summed E-state index contributed by atoms with van der Waals surface area (Å²) in [5, 5.41) is 12.1. The molecule has 1 unspecified atom stereocenters. The molecule has 1 aromatic rings. The highest BCUT2D eigenvalue weighted by atomic mass is 16.3. The molecule has 1 aliphatic rings. The summed E-state index contributed by atoms with van der Waals surface area (Å²) in [5.41, 5.74) is 6.16. The molecule has 4 N–H and O–H groups in total. The van der Waals surface area contributed by atoms with E-state index >= 15 is 0 Å². The van der Waals surface area contributed by atoms with E-state index in [1.54, 1.807) is 11.8 Å². The largest absolute Gasteiger partial charge is 0.508 e. The molecule has 0 radical (unpaired) electrons. The summed E-state index contributed by atoms with van der Waals surface area (Å²) < 4.78 is 0. The lowest BCUT2D eigenvalue weighted by Gasteiger charge is -2.29. The quantitative estimate of drug-likeness (QED) is 0.574. The predicted octanol–water partition coefficient (Wildman–Crippen LogP) is 1.11. The number of nitrogen functional groups attached to an aromatic ring is 1. The van der Waals surface area contributed by atoms with E-state index in [0.717, 1.165) is 32.4 Å². The zero-order valence-corrected chi connectivity index (χ0v) is 12.1. The number of phenols is 1. The zero-order chi connectivity index (χ0) is 15.4. The molecule has 0 aromatic heterocycles. The fraction of sp³-hybridized carbons (Fsp3) is 0.467. The molecule has 2 rings (SSSR count). The second-order valence-corrected chi connectivity index (χ2v) is 5.35. The Kier molecular flexibility index (Phi) is 4.67. The van der Waals surface area contributed by atoms with Crippen molar-refractivity contribution in [2.45, 2.75) is 32.2 Å². The van der Waals surface area contributed by atoms with Gasteiger partial charge in [0.2, 0.25) is 5.91 Å². The smallest absolute Gasteiger partial charge is 0.254 e. The van der Waals surface area contributed by atoms with Crippen LogP contribution in [0.2, 0.25) is 0 Å². The van der Waals surface area contributed by atoms with E-state index in [1.807, 2.05) is 0 Å². The third kappa shape index (κ3) is 3.65. The third-order valence-electron chi connectivity index (χ3n) is 3.67. The third-order valence-corrected chi connectivity index (χ3v) is 3.67. The number of anilines is 1. The van der Waals surface area contributed by atoms with E-state index in [0.29, 0.717) is 0 Å². The molecule has 21 heavy (non-hydrogen) atoms. The minimum atomic E-state index is -0.614. The van der Waals surface area contributed by atoms with E-state index in [-0.39, 0.29) is 22.9 Å². The van der Waals surface area contributed by atoms with Crippen molar-refractivity contribution >= 4 is 17.5 Å². The number of benzene rings is 1. The van der Waals surface area contributed by atoms with E-state index in [4.69, 9.17) is 5.73 Å². The highest BCUT2D eigenvalue weighted by Crippen LogP contribution is 2.18. The number of aromatic hydroxyl groups is 1. The number of likely N-dealkylation sites (tertiary alicyclic amines) is 1. The van der Waals surface area contributed by atoms with Crippen LogP contribution in [0.1, 0.15) is 36.5 Å². The molecule has 0 spiro atoms. The van der Waals surface area contributed by atoms with E-state index < -0.39 is 11.9 Å². The number of hydrogen-bond acceptors (Lipinski definition) is 4. The number of hydrogen-bond donors (Lipinski definition) is 3. The molecular weight excluding hydrogens is 270 g/mol. The number of piperidine rings is 1. The molecule has 2 amide bonds. The van der Waals surface area contributed by atoms with E-state index in [1.165, 1.54) is 18.2 Å². The Labute approximate surface area is 123 Å². The summed E-state index contributed by atoms with van der Waals surface area (Å²) in [6, 6.07) is 3.55. The van der Waals surface area contributed by atoms with Crippen molar-refractivity contribution in [3.8, 4) is 5.75 Å². The maximum absolute atomic E-state index is 12.2. The zero-order valence-electron chi connectivity index (χ0n) is 12.1. The topological polar surface area (TPSA) is 95.7 Å². The van der Waals surface area contributed by atoms with Gasteiger partial charge in [-0.15, -0.1) is 0 Å². The van der Waals surface area contributed by atoms with Gasteiger partial charge in [-0.05, 0) is 44.4 Å². The summed E-state index contributed by atoms with van der Waals surface area (Å²) in [4.78, 5) is 26.2. The Morgan fingerprint density at radius 3 is 2.62 bits per heavy atom. The minimum Gasteiger partial charge on any atom is -0.508 e. The number of carbonyl (C=O) groups excluding carboxylic acids is 2. The Morgan fingerprint density at radius 2 is 1.95 bits per heavy atom. The molecule has 1 aromatic carbocycles. The van der Waals surface area contributed by atoms with Gasteiger partial charge in [0.15, 0.2) is 0 Å². The molecule has 1 atom stereocenters. The molecule has 0 saturated carbocycles. The van der Waals surface area contributed by atoms with Gasteiger partial charge in [-0.2, -0.15) is 0 Å². The predicted molar refractivity (Wildman–Crippen MR) is 79.9 cm³/mol. The van der Waals surface area contributed by atoms with Gasteiger partial charge >= 0.3 is 0 Å². The van der Waals surface area contributed by atoms with Crippen LogP contribution in [0.5, 0.6) is 5.75 Å². The van der Waals surface area contributed by atoms with Gasteiger partial charge in [0.05, 0.1) is 5.56 Å². The molecular formula is C15H21N3O3. The second-order valence-electron chi connectivity index (χ2n) is 5.35. The summed E-state index contributed by atoms with van der Waals surface area (Å²) in [7, 11) is 0. The highest BCUT2D eigenvalue weighted by Gasteiger charge is 2.24. The SMILES string of the molecule is CC(NC(=O)c1cc(O)ccc1N)C(=O)N1CCCCC1. The summed E-state index contributed by atoms with van der Waals surface area (Å²) >= 11 is 0. The molecule has 114 valence electrons. The lowest BCUT2D eigenvalue weighted by atomic mass is 10.1. The first-order chi connectivity index (χ1) is 9.99. The molecule has 6 heteroatoms. The highest BCUT2D eigenvalue weighted by molar-refractivity contribution is 6.01. The molecule has 1 aliphatic heterocycles.